The molecule has 4 heterocycles. The van der Waals surface area contributed by atoms with Crippen molar-refractivity contribution >= 4 is 11.6 Å². The lowest BCUT2D eigenvalue weighted by Crippen LogP contribution is -2.26. The second-order valence-electron chi connectivity index (χ2n) is 7.27. The molecule has 0 radical (unpaired) electrons. The molecule has 0 saturated carbocycles. The van der Waals surface area contributed by atoms with Crippen molar-refractivity contribution in [1.82, 2.24) is 19.7 Å². The number of carbonyl (C=O) groups excluding carboxylic acids is 1. The summed E-state index contributed by atoms with van der Waals surface area (Å²) in [5.41, 5.74) is 3.55. The number of alkyl halides is 3. The predicted octanol–water partition coefficient (Wildman–Crippen LogP) is 4.33. The number of hydrogen-bond acceptors (Lipinski definition) is 5. The number of fused-ring (bicyclic) bond motifs is 1. The molecule has 0 bridgehead atoms. The van der Waals surface area contributed by atoms with Crippen molar-refractivity contribution in [3.63, 3.8) is 0 Å². The molecule has 0 saturated heterocycles. The van der Waals surface area contributed by atoms with Gasteiger partial charge in [-0.2, -0.15) is 18.3 Å². The molecule has 162 valence electrons. The highest BCUT2D eigenvalue weighted by Gasteiger charge is 2.37. The van der Waals surface area contributed by atoms with Crippen LogP contribution in [0.3, 0.4) is 0 Å². The summed E-state index contributed by atoms with van der Waals surface area (Å²) < 4.78 is 44.1. The van der Waals surface area contributed by atoms with Crippen LogP contribution >= 0.6 is 0 Å². The van der Waals surface area contributed by atoms with Gasteiger partial charge >= 0.3 is 6.18 Å². The lowest BCUT2D eigenvalue weighted by atomic mass is 10.1. The monoisotopic (exact) mass is 431 g/mol. The SMILES string of the molecule is CCOc1ncc(-c2ccc3c(n2)[C@@H](C)N(c2cnn(CC(F)(F)F)c2)C3=O)cc1C. The van der Waals surface area contributed by atoms with Crippen molar-refractivity contribution in [2.24, 2.45) is 0 Å². The third kappa shape index (κ3) is 3.97. The molecule has 0 fully saturated rings. The standard InChI is InChI=1S/C21H20F3N5O2/c1-4-31-19-12(2)7-14(8-25-19)17-6-5-16-18(27-17)13(3)29(20(16)30)15-9-26-28(10-15)11-21(22,23)24/h5-10,13H,4,11H2,1-3H3/t13-/m1/s1. The highest BCUT2D eigenvalue weighted by molar-refractivity contribution is 6.10. The Morgan fingerprint density at radius 2 is 2.00 bits per heavy atom. The quantitative estimate of drug-likeness (QED) is 0.601. The van der Waals surface area contributed by atoms with Crippen molar-refractivity contribution in [2.75, 3.05) is 11.5 Å². The Hall–Kier alpha value is -3.43. The van der Waals surface area contributed by atoms with Crippen LogP contribution in [0.5, 0.6) is 5.88 Å². The van der Waals surface area contributed by atoms with Crippen molar-refractivity contribution in [2.45, 2.75) is 39.5 Å². The Morgan fingerprint density at radius 3 is 2.68 bits per heavy atom. The third-order valence-corrected chi connectivity index (χ3v) is 5.00. The lowest BCUT2D eigenvalue weighted by Gasteiger charge is -2.19. The van der Waals surface area contributed by atoms with Gasteiger partial charge < -0.3 is 4.74 Å². The van der Waals surface area contributed by atoms with Crippen LogP contribution in [0.1, 0.15) is 41.5 Å². The Bertz CT molecular complexity index is 1140. The maximum Gasteiger partial charge on any atom is 0.408 e. The van der Waals surface area contributed by atoms with Crippen LogP contribution in [-0.4, -0.2) is 38.4 Å². The van der Waals surface area contributed by atoms with Crippen molar-refractivity contribution in [1.29, 1.82) is 0 Å². The smallest absolute Gasteiger partial charge is 0.408 e. The summed E-state index contributed by atoms with van der Waals surface area (Å²) in [5, 5.41) is 3.74. The molecule has 1 aliphatic heterocycles. The van der Waals surface area contributed by atoms with Crippen molar-refractivity contribution in [3.05, 3.63) is 53.6 Å². The van der Waals surface area contributed by atoms with E-state index in [9.17, 15) is 18.0 Å². The normalized spacial score (nSPS) is 16.0. The molecule has 31 heavy (non-hydrogen) atoms. The van der Waals surface area contributed by atoms with E-state index in [2.05, 4.69) is 15.1 Å². The minimum atomic E-state index is -4.40. The Kier molecular flexibility index (Phi) is 5.16. The maximum absolute atomic E-state index is 12.9. The number of hydrogen-bond donors (Lipinski definition) is 0. The first-order valence-corrected chi connectivity index (χ1v) is 9.71. The van der Waals surface area contributed by atoms with Gasteiger partial charge in [0.25, 0.3) is 5.91 Å². The van der Waals surface area contributed by atoms with Crippen LogP contribution in [0.2, 0.25) is 0 Å². The van der Waals surface area contributed by atoms with Crippen LogP contribution in [0.4, 0.5) is 18.9 Å². The summed E-state index contributed by atoms with van der Waals surface area (Å²) in [6.45, 7) is 4.85. The van der Waals surface area contributed by atoms with Gasteiger partial charge in [-0.15, -0.1) is 0 Å². The van der Waals surface area contributed by atoms with Crippen molar-refractivity contribution < 1.29 is 22.7 Å². The summed E-state index contributed by atoms with van der Waals surface area (Å²) in [4.78, 5) is 23.3. The molecule has 1 aliphatic rings. The van der Waals surface area contributed by atoms with Crippen LogP contribution in [0, 0.1) is 6.92 Å². The Morgan fingerprint density at radius 1 is 1.23 bits per heavy atom. The molecular formula is C21H20F3N5O2. The fraction of sp³-hybridized carbons (Fsp3) is 0.333. The average Bonchev–Trinajstić information content (AvgIpc) is 3.24. The second-order valence-corrected chi connectivity index (χ2v) is 7.27. The van der Waals surface area contributed by atoms with E-state index in [1.165, 1.54) is 17.3 Å². The number of ether oxygens (including phenoxy) is 1. The van der Waals surface area contributed by atoms with E-state index in [4.69, 9.17) is 4.74 Å². The summed E-state index contributed by atoms with van der Waals surface area (Å²) in [5.74, 6) is 0.229. The number of nitrogens with zero attached hydrogens (tertiary/aromatic N) is 5. The summed E-state index contributed by atoms with van der Waals surface area (Å²) in [7, 11) is 0. The van der Waals surface area contributed by atoms with Gasteiger partial charge in [0.1, 0.15) is 6.54 Å². The number of halogens is 3. The fourth-order valence-corrected chi connectivity index (χ4v) is 3.64. The van der Waals surface area contributed by atoms with E-state index in [1.54, 1.807) is 25.3 Å². The van der Waals surface area contributed by atoms with E-state index >= 15 is 0 Å². The number of aromatic nitrogens is 4. The van der Waals surface area contributed by atoms with E-state index in [0.29, 0.717) is 35.1 Å². The van der Waals surface area contributed by atoms with Gasteiger partial charge in [-0.25, -0.2) is 9.97 Å². The van der Waals surface area contributed by atoms with E-state index in [1.807, 2.05) is 19.9 Å². The molecule has 3 aromatic heterocycles. The minimum Gasteiger partial charge on any atom is -0.478 e. The fourth-order valence-electron chi connectivity index (χ4n) is 3.64. The Balaban J connectivity index is 1.63. The highest BCUT2D eigenvalue weighted by atomic mass is 19.4. The first-order valence-electron chi connectivity index (χ1n) is 9.71. The largest absolute Gasteiger partial charge is 0.478 e. The number of amides is 1. The molecule has 0 aromatic carbocycles. The van der Waals surface area contributed by atoms with E-state index in [-0.39, 0.29) is 5.91 Å². The number of rotatable bonds is 5. The molecule has 0 aliphatic carbocycles. The van der Waals surface area contributed by atoms with Gasteiger partial charge in [0.2, 0.25) is 5.88 Å². The summed E-state index contributed by atoms with van der Waals surface area (Å²) in [6, 6.07) is 4.87. The highest BCUT2D eigenvalue weighted by Crippen LogP contribution is 2.37. The third-order valence-electron chi connectivity index (χ3n) is 5.00. The summed E-state index contributed by atoms with van der Waals surface area (Å²) >= 11 is 0. The number of anilines is 1. The molecular weight excluding hydrogens is 411 g/mol. The molecule has 0 N–H and O–H groups in total. The van der Waals surface area contributed by atoms with Crippen molar-refractivity contribution in [3.8, 4) is 17.1 Å². The van der Waals surface area contributed by atoms with Crippen LogP contribution in [-0.2, 0) is 6.54 Å². The van der Waals surface area contributed by atoms with E-state index < -0.39 is 18.8 Å². The van der Waals surface area contributed by atoms with Gasteiger partial charge in [-0.05, 0) is 39.0 Å². The number of carbonyl (C=O) groups is 1. The van der Waals surface area contributed by atoms with Gasteiger partial charge in [-0.1, -0.05) is 0 Å². The molecule has 3 aromatic rings. The van der Waals surface area contributed by atoms with Crippen LogP contribution in [0.15, 0.2) is 36.8 Å². The first-order chi connectivity index (χ1) is 14.7. The zero-order chi connectivity index (χ0) is 22.3. The number of pyridine rings is 2. The second kappa shape index (κ2) is 7.68. The molecule has 0 unspecified atom stereocenters. The van der Waals surface area contributed by atoms with E-state index in [0.717, 1.165) is 15.8 Å². The predicted molar refractivity (Wildman–Crippen MR) is 107 cm³/mol. The first kappa shape index (κ1) is 20.8. The Labute approximate surface area is 176 Å². The van der Waals surface area contributed by atoms with Crippen LogP contribution < -0.4 is 9.64 Å². The zero-order valence-electron chi connectivity index (χ0n) is 17.1. The van der Waals surface area contributed by atoms with Crippen LogP contribution in [0.25, 0.3) is 11.3 Å². The molecule has 4 rings (SSSR count). The minimum absolute atomic E-state index is 0.292. The van der Waals surface area contributed by atoms with Gasteiger partial charge in [-0.3, -0.25) is 14.4 Å². The van der Waals surface area contributed by atoms with Gasteiger partial charge in [0.05, 0.1) is 41.5 Å². The number of aryl methyl sites for hydroxylation is 1. The zero-order valence-corrected chi connectivity index (χ0v) is 17.1. The molecule has 7 nitrogen and oxygen atoms in total. The molecule has 1 atom stereocenters. The molecule has 1 amide bonds. The lowest BCUT2D eigenvalue weighted by molar-refractivity contribution is -0.142. The average molecular weight is 431 g/mol. The molecule has 10 heteroatoms. The van der Waals surface area contributed by atoms with Gasteiger partial charge in [0, 0.05) is 23.5 Å². The maximum atomic E-state index is 12.9. The topological polar surface area (TPSA) is 73.1 Å². The van der Waals surface area contributed by atoms with Gasteiger partial charge in [0.15, 0.2) is 0 Å². The molecule has 0 spiro atoms. The summed E-state index contributed by atoms with van der Waals surface area (Å²) in [6.07, 6.45) is -0.262.